The fraction of sp³-hybridized carbons (Fsp3) is 0.571. The van der Waals surface area contributed by atoms with Gasteiger partial charge in [-0.1, -0.05) is 17.7 Å². The van der Waals surface area contributed by atoms with Crippen molar-refractivity contribution in [2.45, 2.75) is 44.4 Å². The van der Waals surface area contributed by atoms with Crippen LogP contribution in [0.25, 0.3) is 0 Å². The first-order chi connectivity index (χ1) is 9.85. The molecule has 118 valence electrons. The Morgan fingerprint density at radius 2 is 2.00 bits per heavy atom. The quantitative estimate of drug-likeness (QED) is 0.900. The lowest BCUT2D eigenvalue weighted by molar-refractivity contribution is 0.0116. The zero-order valence-electron chi connectivity index (χ0n) is 11.8. The molecule has 0 saturated heterocycles. The van der Waals surface area contributed by atoms with Gasteiger partial charge in [-0.05, 0) is 37.8 Å². The highest BCUT2D eigenvalue weighted by Crippen LogP contribution is 2.25. The van der Waals surface area contributed by atoms with Gasteiger partial charge >= 0.3 is 0 Å². The van der Waals surface area contributed by atoms with Gasteiger partial charge in [0, 0.05) is 16.6 Å². The van der Waals surface area contributed by atoms with Gasteiger partial charge < -0.3 is 4.74 Å². The second-order valence-corrected chi connectivity index (χ2v) is 7.56. The fourth-order valence-electron chi connectivity index (χ4n) is 2.52. The summed E-state index contributed by atoms with van der Waals surface area (Å²) in [6.07, 6.45) is 4.12. The standard InChI is InChI=1S/C14H19ClFNO3S/c1-21(18,19)17-10-5-7-11(8-6-10)20-9-12-13(15)3-2-4-14(12)16/h2-4,10-11,17H,5-9H2,1H3. The Hall–Kier alpha value is -0.690. The number of rotatable bonds is 5. The third-order valence-corrected chi connectivity index (χ3v) is 4.70. The number of benzene rings is 1. The van der Waals surface area contributed by atoms with Crippen molar-refractivity contribution in [1.82, 2.24) is 4.72 Å². The number of halogens is 2. The van der Waals surface area contributed by atoms with Gasteiger partial charge in [-0.15, -0.1) is 0 Å². The molecule has 2 rings (SSSR count). The van der Waals surface area contributed by atoms with Crippen LogP contribution < -0.4 is 4.72 Å². The van der Waals surface area contributed by atoms with E-state index in [4.69, 9.17) is 16.3 Å². The summed E-state index contributed by atoms with van der Waals surface area (Å²) in [5.41, 5.74) is 0.371. The van der Waals surface area contributed by atoms with E-state index in [2.05, 4.69) is 4.72 Å². The first-order valence-corrected chi connectivity index (χ1v) is 9.14. The molecule has 1 aliphatic rings. The number of nitrogens with one attached hydrogen (secondary N) is 1. The Morgan fingerprint density at radius 3 is 2.57 bits per heavy atom. The van der Waals surface area contributed by atoms with E-state index in [9.17, 15) is 12.8 Å². The van der Waals surface area contributed by atoms with E-state index in [0.29, 0.717) is 10.6 Å². The Bertz CT molecular complexity index is 566. The minimum atomic E-state index is -3.17. The molecule has 1 aromatic carbocycles. The molecule has 1 aliphatic carbocycles. The van der Waals surface area contributed by atoms with E-state index in [1.165, 1.54) is 6.07 Å². The number of sulfonamides is 1. The van der Waals surface area contributed by atoms with Crippen molar-refractivity contribution >= 4 is 21.6 Å². The molecule has 21 heavy (non-hydrogen) atoms. The van der Waals surface area contributed by atoms with Crippen LogP contribution >= 0.6 is 11.6 Å². The third-order valence-electron chi connectivity index (χ3n) is 3.58. The maximum atomic E-state index is 13.6. The minimum absolute atomic E-state index is 0.0123. The van der Waals surface area contributed by atoms with Gasteiger partial charge in [-0.2, -0.15) is 0 Å². The average Bonchev–Trinajstić information content (AvgIpc) is 2.38. The zero-order chi connectivity index (χ0) is 15.5. The van der Waals surface area contributed by atoms with Crippen molar-refractivity contribution in [3.8, 4) is 0 Å². The Morgan fingerprint density at radius 1 is 1.33 bits per heavy atom. The number of hydrogen-bond donors (Lipinski definition) is 1. The smallest absolute Gasteiger partial charge is 0.208 e. The molecule has 0 radical (unpaired) electrons. The van der Waals surface area contributed by atoms with E-state index in [1.807, 2.05) is 0 Å². The lowest BCUT2D eigenvalue weighted by Gasteiger charge is -2.28. The molecule has 7 heteroatoms. The molecule has 0 bridgehead atoms. The first kappa shape index (κ1) is 16.7. The summed E-state index contributed by atoms with van der Waals surface area (Å²) in [7, 11) is -3.17. The SMILES string of the molecule is CS(=O)(=O)NC1CCC(OCc2c(F)cccc2Cl)CC1. The first-order valence-electron chi connectivity index (χ1n) is 6.87. The molecule has 4 nitrogen and oxygen atoms in total. The maximum absolute atomic E-state index is 13.6. The van der Waals surface area contributed by atoms with Crippen LogP contribution in [0.4, 0.5) is 4.39 Å². The largest absolute Gasteiger partial charge is 0.373 e. The second kappa shape index (κ2) is 7.05. The van der Waals surface area contributed by atoms with Gasteiger partial charge in [0.25, 0.3) is 0 Å². The summed E-state index contributed by atoms with van der Waals surface area (Å²) in [6.45, 7) is 0.139. The van der Waals surface area contributed by atoms with Crippen molar-refractivity contribution < 1.29 is 17.5 Å². The summed E-state index contributed by atoms with van der Waals surface area (Å²) >= 11 is 5.95. The van der Waals surface area contributed by atoms with Gasteiger partial charge in [0.15, 0.2) is 0 Å². The van der Waals surface area contributed by atoms with Crippen molar-refractivity contribution in [3.05, 3.63) is 34.6 Å². The van der Waals surface area contributed by atoms with Crippen LogP contribution in [0.15, 0.2) is 18.2 Å². The second-order valence-electron chi connectivity index (χ2n) is 5.37. The third kappa shape index (κ3) is 5.21. The molecule has 0 aliphatic heterocycles. The topological polar surface area (TPSA) is 55.4 Å². The highest BCUT2D eigenvalue weighted by Gasteiger charge is 2.24. The summed E-state index contributed by atoms with van der Waals surface area (Å²) in [5, 5.41) is 0.363. The van der Waals surface area contributed by atoms with Crippen molar-refractivity contribution in [2.75, 3.05) is 6.26 Å². The predicted molar refractivity (Wildman–Crippen MR) is 80.2 cm³/mol. The van der Waals surface area contributed by atoms with Gasteiger partial charge in [-0.3, -0.25) is 0 Å². The summed E-state index contributed by atoms with van der Waals surface area (Å²) in [4.78, 5) is 0. The van der Waals surface area contributed by atoms with Crippen LogP contribution in [0.2, 0.25) is 5.02 Å². The molecule has 0 unspecified atom stereocenters. The van der Waals surface area contributed by atoms with Crippen molar-refractivity contribution in [1.29, 1.82) is 0 Å². The van der Waals surface area contributed by atoms with Gasteiger partial charge in [0.05, 0.1) is 19.0 Å². The fourth-order valence-corrected chi connectivity index (χ4v) is 3.58. The van der Waals surface area contributed by atoms with E-state index in [1.54, 1.807) is 12.1 Å². The van der Waals surface area contributed by atoms with E-state index < -0.39 is 10.0 Å². The van der Waals surface area contributed by atoms with Crippen LogP contribution in [-0.2, 0) is 21.4 Å². The van der Waals surface area contributed by atoms with Crippen LogP contribution in [0.1, 0.15) is 31.2 Å². The molecule has 1 aromatic rings. The van der Waals surface area contributed by atoms with Crippen LogP contribution in [0.3, 0.4) is 0 Å². The van der Waals surface area contributed by atoms with Crippen molar-refractivity contribution in [3.63, 3.8) is 0 Å². The highest BCUT2D eigenvalue weighted by atomic mass is 35.5. The maximum Gasteiger partial charge on any atom is 0.208 e. The van der Waals surface area contributed by atoms with E-state index in [-0.39, 0.29) is 24.6 Å². The zero-order valence-corrected chi connectivity index (χ0v) is 13.4. The van der Waals surface area contributed by atoms with Gasteiger partial charge in [0.1, 0.15) is 5.82 Å². The Kier molecular flexibility index (Phi) is 5.60. The molecule has 1 saturated carbocycles. The minimum Gasteiger partial charge on any atom is -0.373 e. The van der Waals surface area contributed by atoms with E-state index >= 15 is 0 Å². The molecule has 1 N–H and O–H groups in total. The van der Waals surface area contributed by atoms with E-state index in [0.717, 1.165) is 31.9 Å². The highest BCUT2D eigenvalue weighted by molar-refractivity contribution is 7.88. The number of ether oxygens (including phenoxy) is 1. The molecule has 0 spiro atoms. The van der Waals surface area contributed by atoms with Gasteiger partial charge in [-0.25, -0.2) is 17.5 Å². The lowest BCUT2D eigenvalue weighted by atomic mass is 9.94. The molecule has 0 amide bonds. The molecule has 1 fully saturated rings. The van der Waals surface area contributed by atoms with Crippen LogP contribution in [-0.4, -0.2) is 26.8 Å². The molecular weight excluding hydrogens is 317 g/mol. The van der Waals surface area contributed by atoms with Gasteiger partial charge in [0.2, 0.25) is 10.0 Å². The van der Waals surface area contributed by atoms with Crippen LogP contribution in [0, 0.1) is 5.82 Å². The summed E-state index contributed by atoms with van der Waals surface area (Å²) in [6, 6.07) is 4.52. The average molecular weight is 336 g/mol. The summed E-state index contributed by atoms with van der Waals surface area (Å²) < 4.78 is 44.3. The van der Waals surface area contributed by atoms with Crippen molar-refractivity contribution in [2.24, 2.45) is 0 Å². The predicted octanol–water partition coefficient (Wildman–Crippen LogP) is 2.86. The molecule has 0 aromatic heterocycles. The summed E-state index contributed by atoms with van der Waals surface area (Å²) in [5.74, 6) is -0.366. The molecular formula is C14H19ClFNO3S. The Labute approximate surface area is 129 Å². The number of hydrogen-bond acceptors (Lipinski definition) is 3. The normalized spacial score (nSPS) is 23.2. The lowest BCUT2D eigenvalue weighted by Crippen LogP contribution is -2.38. The monoisotopic (exact) mass is 335 g/mol. The molecule has 0 heterocycles. The van der Waals surface area contributed by atoms with Crippen LogP contribution in [0.5, 0.6) is 0 Å². The Balaban J connectivity index is 1.82. The molecule has 0 atom stereocenters.